The molecule has 1 atom stereocenters. The SMILES string of the molecule is CCCCCCCC/C=C\CCCCCCC([C]=O)CC(C)C. The van der Waals surface area contributed by atoms with E-state index in [0.717, 1.165) is 12.8 Å². The molecule has 23 heavy (non-hydrogen) atoms. The van der Waals surface area contributed by atoms with Crippen molar-refractivity contribution < 1.29 is 4.79 Å². The van der Waals surface area contributed by atoms with E-state index < -0.39 is 0 Å². The van der Waals surface area contributed by atoms with Gasteiger partial charge in [0, 0.05) is 5.92 Å². The van der Waals surface area contributed by atoms with Gasteiger partial charge in [-0.15, -0.1) is 0 Å². The highest BCUT2D eigenvalue weighted by Crippen LogP contribution is 2.17. The summed E-state index contributed by atoms with van der Waals surface area (Å²) in [4.78, 5) is 10.9. The third-order valence-corrected chi connectivity index (χ3v) is 4.49. The van der Waals surface area contributed by atoms with Crippen molar-refractivity contribution in [2.45, 2.75) is 111 Å². The number of hydrogen-bond donors (Lipinski definition) is 0. The van der Waals surface area contributed by atoms with Crippen LogP contribution in [0.4, 0.5) is 0 Å². The van der Waals surface area contributed by atoms with Gasteiger partial charge in [-0.05, 0) is 44.4 Å². The van der Waals surface area contributed by atoms with Crippen molar-refractivity contribution in [2.24, 2.45) is 11.8 Å². The summed E-state index contributed by atoms with van der Waals surface area (Å²) >= 11 is 0. The van der Waals surface area contributed by atoms with Crippen LogP contribution in [0.5, 0.6) is 0 Å². The van der Waals surface area contributed by atoms with Crippen LogP contribution < -0.4 is 0 Å². The summed E-state index contributed by atoms with van der Waals surface area (Å²) in [6, 6.07) is 0. The molecule has 1 heteroatoms. The van der Waals surface area contributed by atoms with Gasteiger partial charge < -0.3 is 0 Å². The molecule has 0 spiro atoms. The van der Waals surface area contributed by atoms with Gasteiger partial charge in [0.2, 0.25) is 6.29 Å². The lowest BCUT2D eigenvalue weighted by Crippen LogP contribution is -2.05. The lowest BCUT2D eigenvalue weighted by atomic mass is 9.93. The van der Waals surface area contributed by atoms with Crippen LogP contribution in [0, 0.1) is 11.8 Å². The molecule has 0 saturated heterocycles. The molecule has 0 aliphatic carbocycles. The minimum atomic E-state index is 0.173. The second-order valence-electron chi connectivity index (χ2n) is 7.46. The highest BCUT2D eigenvalue weighted by atomic mass is 16.1. The van der Waals surface area contributed by atoms with Crippen molar-refractivity contribution in [2.75, 3.05) is 0 Å². The molecule has 135 valence electrons. The van der Waals surface area contributed by atoms with Crippen LogP contribution in [0.1, 0.15) is 111 Å². The normalized spacial score (nSPS) is 13.0. The average Bonchev–Trinajstić information content (AvgIpc) is 2.53. The smallest absolute Gasteiger partial charge is 0.201 e. The molecule has 1 nitrogen and oxygen atoms in total. The number of unbranched alkanes of at least 4 members (excludes halogenated alkanes) is 10. The van der Waals surface area contributed by atoms with Gasteiger partial charge in [-0.25, -0.2) is 0 Å². The molecule has 0 aromatic heterocycles. The largest absolute Gasteiger partial charge is 0.291 e. The summed E-state index contributed by atoms with van der Waals surface area (Å²) < 4.78 is 0. The molecule has 0 aliphatic rings. The first-order chi connectivity index (χ1) is 11.2. The van der Waals surface area contributed by atoms with E-state index in [9.17, 15) is 4.79 Å². The molecule has 0 aromatic carbocycles. The molecule has 0 saturated carbocycles. The van der Waals surface area contributed by atoms with Crippen molar-refractivity contribution in [1.82, 2.24) is 0 Å². The Bertz CT molecular complexity index is 267. The third kappa shape index (κ3) is 17.6. The minimum Gasteiger partial charge on any atom is -0.291 e. The number of carbonyl (C=O) groups excluding carboxylic acids is 1. The van der Waals surface area contributed by atoms with Crippen LogP contribution in [0.25, 0.3) is 0 Å². The van der Waals surface area contributed by atoms with E-state index in [2.05, 4.69) is 39.2 Å². The van der Waals surface area contributed by atoms with E-state index in [1.807, 2.05) is 0 Å². The van der Waals surface area contributed by atoms with Gasteiger partial charge in [-0.1, -0.05) is 84.3 Å². The first kappa shape index (κ1) is 22.4. The van der Waals surface area contributed by atoms with Crippen molar-refractivity contribution >= 4 is 6.29 Å². The summed E-state index contributed by atoms with van der Waals surface area (Å²) in [5.74, 6) is 0.783. The fraction of sp³-hybridized carbons (Fsp3) is 0.864. The minimum absolute atomic E-state index is 0.173. The fourth-order valence-electron chi connectivity index (χ4n) is 3.08. The second-order valence-corrected chi connectivity index (χ2v) is 7.46. The van der Waals surface area contributed by atoms with Crippen LogP contribution in [-0.4, -0.2) is 6.29 Å². The van der Waals surface area contributed by atoms with Crippen LogP contribution in [0.15, 0.2) is 12.2 Å². The Balaban J connectivity index is 3.29. The Morgan fingerprint density at radius 3 is 1.83 bits per heavy atom. The van der Waals surface area contributed by atoms with Crippen LogP contribution in [0.3, 0.4) is 0 Å². The Hall–Kier alpha value is -0.590. The standard InChI is InChI=1S/C22H41O/c1-4-5-6-7-8-9-10-11-12-13-14-15-16-17-18-22(20-23)19-21(2)3/h11-12,21-22H,4-10,13-19H2,1-3H3/b12-11-. The highest BCUT2D eigenvalue weighted by molar-refractivity contribution is 5.54. The predicted octanol–water partition coefficient (Wildman–Crippen LogP) is 7.41. The monoisotopic (exact) mass is 321 g/mol. The van der Waals surface area contributed by atoms with Crippen molar-refractivity contribution in [3.63, 3.8) is 0 Å². The van der Waals surface area contributed by atoms with Crippen LogP contribution in [0.2, 0.25) is 0 Å². The Morgan fingerprint density at radius 1 is 0.783 bits per heavy atom. The number of hydrogen-bond acceptors (Lipinski definition) is 1. The molecule has 0 aliphatic heterocycles. The van der Waals surface area contributed by atoms with E-state index >= 15 is 0 Å². The van der Waals surface area contributed by atoms with Gasteiger partial charge in [-0.3, -0.25) is 4.79 Å². The van der Waals surface area contributed by atoms with Crippen molar-refractivity contribution in [3.05, 3.63) is 12.2 Å². The molecule has 0 bridgehead atoms. The maximum Gasteiger partial charge on any atom is 0.201 e. The summed E-state index contributed by atoms with van der Waals surface area (Å²) in [6.45, 7) is 6.64. The summed E-state index contributed by atoms with van der Waals surface area (Å²) in [7, 11) is 0. The Morgan fingerprint density at radius 2 is 1.30 bits per heavy atom. The van der Waals surface area contributed by atoms with Gasteiger partial charge in [-0.2, -0.15) is 0 Å². The zero-order chi connectivity index (χ0) is 17.2. The lowest BCUT2D eigenvalue weighted by Gasteiger charge is -2.11. The van der Waals surface area contributed by atoms with Crippen molar-refractivity contribution in [3.8, 4) is 0 Å². The average molecular weight is 322 g/mol. The predicted molar refractivity (Wildman–Crippen MR) is 103 cm³/mol. The lowest BCUT2D eigenvalue weighted by molar-refractivity contribution is 0.425. The first-order valence-electron chi connectivity index (χ1n) is 10.2. The molecular weight excluding hydrogens is 280 g/mol. The van der Waals surface area contributed by atoms with E-state index in [0.29, 0.717) is 5.92 Å². The molecule has 0 fully saturated rings. The fourth-order valence-corrected chi connectivity index (χ4v) is 3.08. The van der Waals surface area contributed by atoms with Gasteiger partial charge in [0.25, 0.3) is 0 Å². The van der Waals surface area contributed by atoms with Crippen LogP contribution in [-0.2, 0) is 4.79 Å². The van der Waals surface area contributed by atoms with E-state index in [4.69, 9.17) is 0 Å². The van der Waals surface area contributed by atoms with E-state index in [-0.39, 0.29) is 5.92 Å². The number of allylic oxidation sites excluding steroid dienone is 2. The molecule has 1 unspecified atom stereocenters. The van der Waals surface area contributed by atoms with E-state index in [1.165, 1.54) is 77.0 Å². The van der Waals surface area contributed by atoms with Gasteiger partial charge in [0.15, 0.2) is 0 Å². The Kier molecular flexibility index (Phi) is 17.3. The van der Waals surface area contributed by atoms with Gasteiger partial charge in [0.05, 0.1) is 0 Å². The molecule has 0 N–H and O–H groups in total. The molecule has 0 aromatic rings. The van der Waals surface area contributed by atoms with Gasteiger partial charge in [0.1, 0.15) is 0 Å². The van der Waals surface area contributed by atoms with E-state index in [1.54, 1.807) is 0 Å². The zero-order valence-electron chi connectivity index (χ0n) is 16.1. The molecule has 0 amide bonds. The quantitative estimate of drug-likeness (QED) is 0.201. The highest BCUT2D eigenvalue weighted by Gasteiger charge is 2.09. The molecule has 0 rings (SSSR count). The summed E-state index contributed by atoms with van der Waals surface area (Å²) in [6.07, 6.45) is 24.9. The van der Waals surface area contributed by atoms with Crippen molar-refractivity contribution in [1.29, 1.82) is 0 Å². The molecule has 1 radical (unpaired) electrons. The van der Waals surface area contributed by atoms with Gasteiger partial charge >= 0.3 is 0 Å². The second kappa shape index (κ2) is 17.8. The first-order valence-corrected chi connectivity index (χ1v) is 10.2. The maximum atomic E-state index is 10.9. The maximum absolute atomic E-state index is 10.9. The number of rotatable bonds is 17. The zero-order valence-corrected chi connectivity index (χ0v) is 16.1. The third-order valence-electron chi connectivity index (χ3n) is 4.49. The topological polar surface area (TPSA) is 17.1 Å². The summed E-state index contributed by atoms with van der Waals surface area (Å²) in [5, 5.41) is 0. The Labute approximate surface area is 146 Å². The molecule has 0 heterocycles. The van der Waals surface area contributed by atoms with Crippen LogP contribution >= 0.6 is 0 Å². The molecular formula is C22H41O. The summed E-state index contributed by atoms with van der Waals surface area (Å²) in [5.41, 5.74) is 0.